The number of carbonyl (C=O) groups excluding carboxylic acids is 1. The summed E-state index contributed by atoms with van der Waals surface area (Å²) in [6.45, 7) is 1.36. The summed E-state index contributed by atoms with van der Waals surface area (Å²) in [7, 11) is 0. The summed E-state index contributed by atoms with van der Waals surface area (Å²) >= 11 is 0. The van der Waals surface area contributed by atoms with Crippen molar-refractivity contribution in [2.45, 2.75) is 12.8 Å². The first-order valence-corrected chi connectivity index (χ1v) is 6.96. The summed E-state index contributed by atoms with van der Waals surface area (Å²) < 4.78 is 12.7. The van der Waals surface area contributed by atoms with E-state index in [4.69, 9.17) is 0 Å². The Balaban J connectivity index is 1.65. The molecule has 0 aliphatic carbocycles. The van der Waals surface area contributed by atoms with E-state index in [9.17, 15) is 9.18 Å². The monoisotopic (exact) mass is 285 g/mol. The number of rotatable bonds is 1. The highest BCUT2D eigenvalue weighted by Gasteiger charge is 2.18. The fraction of sp³-hybridized carbons (Fsp3) is 0.250. The normalized spacial score (nSPS) is 14.2. The minimum absolute atomic E-state index is 0.170. The van der Waals surface area contributed by atoms with E-state index >= 15 is 0 Å². The molecule has 21 heavy (non-hydrogen) atoms. The fourth-order valence-electron chi connectivity index (χ4n) is 2.52. The molecular weight excluding hydrogens is 269 g/mol. The zero-order valence-electron chi connectivity index (χ0n) is 11.6. The van der Waals surface area contributed by atoms with Gasteiger partial charge < -0.3 is 10.2 Å². The summed E-state index contributed by atoms with van der Waals surface area (Å²) in [5.74, 6) is -0.557. The van der Waals surface area contributed by atoms with Gasteiger partial charge in [-0.2, -0.15) is 4.39 Å². The smallest absolute Gasteiger partial charge is 0.321 e. The number of hydrogen-bond acceptors (Lipinski definition) is 2. The fourth-order valence-corrected chi connectivity index (χ4v) is 2.52. The molecule has 2 amide bonds. The van der Waals surface area contributed by atoms with Crippen LogP contribution in [0.1, 0.15) is 11.1 Å². The lowest BCUT2D eigenvalue weighted by atomic mass is 10.0. The number of aromatic nitrogens is 1. The molecule has 0 unspecified atom stereocenters. The van der Waals surface area contributed by atoms with Crippen molar-refractivity contribution < 1.29 is 9.18 Å². The molecule has 5 heteroatoms. The summed E-state index contributed by atoms with van der Waals surface area (Å²) in [6.07, 6.45) is 3.02. The van der Waals surface area contributed by atoms with E-state index in [-0.39, 0.29) is 6.03 Å². The topological polar surface area (TPSA) is 45.2 Å². The number of pyridine rings is 1. The molecule has 1 aliphatic rings. The average Bonchev–Trinajstić information content (AvgIpc) is 2.72. The Morgan fingerprint density at radius 3 is 2.33 bits per heavy atom. The number of amides is 2. The Morgan fingerprint density at radius 1 is 1.10 bits per heavy atom. The lowest BCUT2D eigenvalue weighted by Crippen LogP contribution is -2.36. The van der Waals surface area contributed by atoms with Crippen molar-refractivity contribution in [1.29, 1.82) is 0 Å². The number of fused-ring (bicyclic) bond motifs is 1. The Morgan fingerprint density at radius 2 is 1.76 bits per heavy atom. The maximum absolute atomic E-state index is 12.7. The van der Waals surface area contributed by atoms with Gasteiger partial charge in [-0.15, -0.1) is 0 Å². The van der Waals surface area contributed by atoms with Crippen LogP contribution < -0.4 is 5.32 Å². The molecule has 3 rings (SSSR count). The van der Waals surface area contributed by atoms with E-state index in [2.05, 4.69) is 22.4 Å². The number of anilines is 1. The van der Waals surface area contributed by atoms with Crippen molar-refractivity contribution in [2.24, 2.45) is 0 Å². The highest BCUT2D eigenvalue weighted by molar-refractivity contribution is 5.89. The van der Waals surface area contributed by atoms with E-state index in [0.717, 1.165) is 12.8 Å². The van der Waals surface area contributed by atoms with E-state index < -0.39 is 5.95 Å². The molecule has 0 fully saturated rings. The van der Waals surface area contributed by atoms with Crippen molar-refractivity contribution in [2.75, 3.05) is 18.4 Å². The van der Waals surface area contributed by atoms with Gasteiger partial charge in [0, 0.05) is 13.1 Å². The minimum Gasteiger partial charge on any atom is -0.324 e. The van der Waals surface area contributed by atoms with Gasteiger partial charge >= 0.3 is 6.03 Å². The molecule has 2 aromatic rings. The van der Waals surface area contributed by atoms with Gasteiger partial charge in [0.15, 0.2) is 0 Å². The number of benzene rings is 1. The van der Waals surface area contributed by atoms with Crippen molar-refractivity contribution in [3.05, 3.63) is 59.7 Å². The van der Waals surface area contributed by atoms with Gasteiger partial charge in [-0.1, -0.05) is 24.3 Å². The molecule has 0 spiro atoms. The molecule has 1 aromatic carbocycles. The van der Waals surface area contributed by atoms with Crippen molar-refractivity contribution in [1.82, 2.24) is 9.88 Å². The van der Waals surface area contributed by atoms with Crippen molar-refractivity contribution in [3.8, 4) is 0 Å². The highest BCUT2D eigenvalue weighted by Crippen LogP contribution is 2.16. The maximum atomic E-state index is 12.7. The van der Waals surface area contributed by atoms with Crippen LogP contribution in [0.25, 0.3) is 0 Å². The number of hydrogen-bond donors (Lipinski definition) is 1. The molecule has 0 saturated carbocycles. The predicted octanol–water partition coefficient (Wildman–Crippen LogP) is 2.85. The van der Waals surface area contributed by atoms with Crippen LogP contribution in [0.4, 0.5) is 14.9 Å². The van der Waals surface area contributed by atoms with E-state index in [1.807, 2.05) is 12.1 Å². The van der Waals surface area contributed by atoms with Gasteiger partial charge in [-0.3, -0.25) is 0 Å². The van der Waals surface area contributed by atoms with Gasteiger partial charge in [0.2, 0.25) is 5.95 Å². The molecule has 1 N–H and O–H groups in total. The van der Waals surface area contributed by atoms with Crippen LogP contribution in [0, 0.1) is 5.95 Å². The third-order valence-corrected chi connectivity index (χ3v) is 3.69. The molecule has 2 heterocycles. The van der Waals surface area contributed by atoms with Crippen LogP contribution in [0.2, 0.25) is 0 Å². The van der Waals surface area contributed by atoms with Crippen molar-refractivity contribution >= 4 is 11.7 Å². The molecule has 4 nitrogen and oxygen atoms in total. The van der Waals surface area contributed by atoms with Crippen LogP contribution in [-0.2, 0) is 12.8 Å². The number of nitrogens with zero attached hydrogens (tertiary/aromatic N) is 2. The van der Waals surface area contributed by atoms with Crippen LogP contribution >= 0.6 is 0 Å². The molecule has 0 atom stereocenters. The Hall–Kier alpha value is -2.43. The summed E-state index contributed by atoms with van der Waals surface area (Å²) in [5.41, 5.74) is 3.11. The number of urea groups is 1. The van der Waals surface area contributed by atoms with Crippen LogP contribution in [0.3, 0.4) is 0 Å². The Labute approximate surface area is 122 Å². The first-order chi connectivity index (χ1) is 10.2. The van der Waals surface area contributed by atoms with E-state index in [1.54, 1.807) is 4.90 Å². The number of nitrogens with one attached hydrogen (secondary N) is 1. The predicted molar refractivity (Wildman–Crippen MR) is 78.6 cm³/mol. The van der Waals surface area contributed by atoms with Crippen molar-refractivity contribution in [3.63, 3.8) is 0 Å². The van der Waals surface area contributed by atoms with E-state index in [0.29, 0.717) is 18.8 Å². The van der Waals surface area contributed by atoms with Crippen LogP contribution in [-0.4, -0.2) is 29.0 Å². The Kier molecular flexibility index (Phi) is 3.81. The molecule has 108 valence electrons. The second-order valence-corrected chi connectivity index (χ2v) is 5.06. The van der Waals surface area contributed by atoms with Gasteiger partial charge in [0.05, 0.1) is 11.9 Å². The summed E-state index contributed by atoms with van der Waals surface area (Å²) in [6, 6.07) is 10.8. The van der Waals surface area contributed by atoms with Gasteiger partial charge in [0.25, 0.3) is 0 Å². The number of carbonyl (C=O) groups is 1. The second-order valence-electron chi connectivity index (χ2n) is 5.06. The third kappa shape index (κ3) is 3.18. The zero-order chi connectivity index (χ0) is 14.7. The van der Waals surface area contributed by atoms with Crippen LogP contribution in [0.5, 0.6) is 0 Å². The minimum atomic E-state index is -0.557. The molecule has 1 aromatic heterocycles. The van der Waals surface area contributed by atoms with Gasteiger partial charge in [-0.05, 0) is 36.1 Å². The second kappa shape index (κ2) is 5.91. The lowest BCUT2D eigenvalue weighted by Gasteiger charge is -2.20. The molecule has 0 bridgehead atoms. The van der Waals surface area contributed by atoms with Gasteiger partial charge in [0.1, 0.15) is 0 Å². The highest BCUT2D eigenvalue weighted by atomic mass is 19.1. The van der Waals surface area contributed by atoms with Gasteiger partial charge in [-0.25, -0.2) is 9.78 Å². The lowest BCUT2D eigenvalue weighted by molar-refractivity contribution is 0.214. The van der Waals surface area contributed by atoms with E-state index in [1.165, 1.54) is 29.5 Å². The molecule has 0 radical (unpaired) electrons. The summed E-state index contributed by atoms with van der Waals surface area (Å²) in [5, 5.41) is 2.75. The first kappa shape index (κ1) is 13.5. The molecule has 1 aliphatic heterocycles. The SMILES string of the molecule is O=C(Nc1ccc(F)nc1)N1CCc2ccccc2CC1. The maximum Gasteiger partial charge on any atom is 0.321 e. The third-order valence-electron chi connectivity index (χ3n) is 3.69. The zero-order valence-corrected chi connectivity index (χ0v) is 11.6. The molecule has 0 saturated heterocycles. The van der Waals surface area contributed by atoms with Crippen LogP contribution in [0.15, 0.2) is 42.6 Å². The largest absolute Gasteiger partial charge is 0.324 e. The summed E-state index contributed by atoms with van der Waals surface area (Å²) in [4.78, 5) is 17.6. The first-order valence-electron chi connectivity index (χ1n) is 6.96. The standard InChI is InChI=1S/C16H16FN3O/c17-15-6-5-14(11-18-15)19-16(21)20-9-7-12-3-1-2-4-13(12)8-10-20/h1-6,11H,7-10H2,(H,19,21). The molecular formula is C16H16FN3O. The quantitative estimate of drug-likeness (QED) is 0.819. The Bertz CT molecular complexity index is 615. The average molecular weight is 285 g/mol. The number of halogens is 1.